The fourth-order valence-corrected chi connectivity index (χ4v) is 3.31. The second-order valence-electron chi connectivity index (χ2n) is 6.52. The second kappa shape index (κ2) is 7.26. The van der Waals surface area contributed by atoms with Gasteiger partial charge in [0.25, 0.3) is 5.91 Å². The van der Waals surface area contributed by atoms with Crippen molar-refractivity contribution in [1.82, 2.24) is 14.9 Å². The first-order valence-corrected chi connectivity index (χ1v) is 8.72. The zero-order valence-electron chi connectivity index (χ0n) is 14.4. The fourth-order valence-electron chi connectivity index (χ4n) is 3.31. The van der Waals surface area contributed by atoms with Gasteiger partial charge in [-0.1, -0.05) is 0 Å². The zero-order valence-corrected chi connectivity index (χ0v) is 14.4. The summed E-state index contributed by atoms with van der Waals surface area (Å²) in [6.45, 7) is 0.965. The Morgan fingerprint density at radius 3 is 2.78 bits per heavy atom. The molecule has 7 heteroatoms. The van der Waals surface area contributed by atoms with Crippen LogP contribution in [0.25, 0.3) is 11.3 Å². The van der Waals surface area contributed by atoms with E-state index in [0.717, 1.165) is 24.6 Å². The van der Waals surface area contributed by atoms with Gasteiger partial charge in [-0.05, 0) is 43.2 Å². The van der Waals surface area contributed by atoms with Gasteiger partial charge < -0.3 is 9.32 Å². The Hall–Kier alpha value is -3.09. The van der Waals surface area contributed by atoms with E-state index in [-0.39, 0.29) is 23.2 Å². The Balaban J connectivity index is 1.51. The van der Waals surface area contributed by atoms with Gasteiger partial charge in [0.1, 0.15) is 17.8 Å². The molecule has 1 amide bonds. The van der Waals surface area contributed by atoms with Crippen LogP contribution in [0.5, 0.6) is 0 Å². The van der Waals surface area contributed by atoms with Crippen LogP contribution in [0, 0.1) is 11.6 Å². The van der Waals surface area contributed by atoms with Gasteiger partial charge >= 0.3 is 0 Å². The van der Waals surface area contributed by atoms with Crippen molar-refractivity contribution in [1.29, 1.82) is 0 Å². The monoisotopic (exact) mass is 369 g/mol. The number of likely N-dealkylation sites (tertiary alicyclic amines) is 1. The molecule has 0 N–H and O–H groups in total. The molecule has 0 bridgehead atoms. The Bertz CT molecular complexity index is 956. The summed E-state index contributed by atoms with van der Waals surface area (Å²) >= 11 is 0. The number of hydrogen-bond acceptors (Lipinski definition) is 4. The molecular formula is C20H17F2N3O2. The van der Waals surface area contributed by atoms with Crippen molar-refractivity contribution in [3.05, 3.63) is 72.1 Å². The maximum absolute atomic E-state index is 13.9. The highest BCUT2D eigenvalue weighted by Gasteiger charge is 2.29. The maximum atomic E-state index is 13.9. The van der Waals surface area contributed by atoms with Gasteiger partial charge in [0.05, 0.1) is 17.7 Å². The topological polar surface area (TPSA) is 59.2 Å². The molecule has 1 atom stereocenters. The van der Waals surface area contributed by atoms with Crippen LogP contribution in [0.3, 0.4) is 0 Å². The fraction of sp³-hybridized carbons (Fsp3) is 0.250. The lowest BCUT2D eigenvalue weighted by Gasteiger charge is -2.31. The minimum absolute atomic E-state index is 0.0186. The van der Waals surface area contributed by atoms with Crippen molar-refractivity contribution in [2.24, 2.45) is 0 Å². The summed E-state index contributed by atoms with van der Waals surface area (Å²) in [6.07, 6.45) is 5.58. The van der Waals surface area contributed by atoms with Crippen molar-refractivity contribution in [2.75, 3.05) is 13.1 Å². The number of aromatic nitrogens is 2. The van der Waals surface area contributed by atoms with Crippen molar-refractivity contribution in [2.45, 2.75) is 18.8 Å². The van der Waals surface area contributed by atoms with Crippen LogP contribution in [-0.4, -0.2) is 33.9 Å². The number of benzene rings is 1. The molecule has 5 nitrogen and oxygen atoms in total. The second-order valence-corrected chi connectivity index (χ2v) is 6.52. The molecule has 3 heterocycles. The highest BCUT2D eigenvalue weighted by atomic mass is 19.1. The number of carbonyl (C=O) groups is 1. The Morgan fingerprint density at radius 1 is 1.19 bits per heavy atom. The van der Waals surface area contributed by atoms with Gasteiger partial charge in [-0.2, -0.15) is 0 Å². The van der Waals surface area contributed by atoms with Gasteiger partial charge in [-0.3, -0.25) is 9.78 Å². The first kappa shape index (κ1) is 17.3. The SMILES string of the molecule is O=C(c1ccncc1F)N1CCCC(c2nc(-c3ccc(F)cc3)co2)C1. The lowest BCUT2D eigenvalue weighted by Crippen LogP contribution is -2.39. The number of pyridine rings is 1. The van der Waals surface area contributed by atoms with E-state index >= 15 is 0 Å². The van der Waals surface area contributed by atoms with E-state index in [1.807, 2.05) is 0 Å². The van der Waals surface area contributed by atoms with Gasteiger partial charge in [0, 0.05) is 24.8 Å². The average Bonchev–Trinajstić information content (AvgIpc) is 3.19. The summed E-state index contributed by atoms with van der Waals surface area (Å²) in [7, 11) is 0. The Kier molecular flexibility index (Phi) is 4.66. The van der Waals surface area contributed by atoms with E-state index in [4.69, 9.17) is 4.42 Å². The summed E-state index contributed by atoms with van der Waals surface area (Å²) in [4.78, 5) is 22.4. The van der Waals surface area contributed by atoms with Crippen molar-refractivity contribution in [3.8, 4) is 11.3 Å². The van der Waals surface area contributed by atoms with E-state index in [1.54, 1.807) is 17.0 Å². The predicted molar refractivity (Wildman–Crippen MR) is 94.0 cm³/mol. The summed E-state index contributed by atoms with van der Waals surface area (Å²) in [5, 5.41) is 0. The number of piperidine rings is 1. The summed E-state index contributed by atoms with van der Waals surface area (Å²) in [6, 6.07) is 7.40. The molecule has 27 heavy (non-hydrogen) atoms. The molecule has 0 saturated carbocycles. The van der Waals surface area contributed by atoms with Crippen molar-refractivity contribution >= 4 is 5.91 Å². The highest BCUT2D eigenvalue weighted by Crippen LogP contribution is 2.29. The van der Waals surface area contributed by atoms with Crippen molar-refractivity contribution < 1.29 is 18.0 Å². The lowest BCUT2D eigenvalue weighted by atomic mass is 9.97. The van der Waals surface area contributed by atoms with E-state index in [9.17, 15) is 13.6 Å². The third-order valence-corrected chi connectivity index (χ3v) is 4.72. The number of nitrogens with zero attached hydrogens (tertiary/aromatic N) is 3. The summed E-state index contributed by atoms with van der Waals surface area (Å²) < 4.78 is 32.6. The molecule has 138 valence electrons. The minimum Gasteiger partial charge on any atom is -0.448 e. The first-order chi connectivity index (χ1) is 13.1. The summed E-state index contributed by atoms with van der Waals surface area (Å²) in [5.41, 5.74) is 1.40. The van der Waals surface area contributed by atoms with Gasteiger partial charge in [-0.25, -0.2) is 13.8 Å². The van der Waals surface area contributed by atoms with Gasteiger partial charge in [0.2, 0.25) is 0 Å². The van der Waals surface area contributed by atoms with Crippen molar-refractivity contribution in [3.63, 3.8) is 0 Å². The molecule has 0 spiro atoms. The quantitative estimate of drug-likeness (QED) is 0.699. The first-order valence-electron chi connectivity index (χ1n) is 8.72. The number of hydrogen-bond donors (Lipinski definition) is 0. The molecule has 3 aromatic rings. The molecule has 1 unspecified atom stereocenters. The van der Waals surface area contributed by atoms with Crippen LogP contribution >= 0.6 is 0 Å². The van der Waals surface area contributed by atoms with E-state index < -0.39 is 5.82 Å². The molecule has 1 aromatic carbocycles. The number of carbonyl (C=O) groups excluding carboxylic acids is 1. The van der Waals surface area contributed by atoms with E-state index in [2.05, 4.69) is 9.97 Å². The Morgan fingerprint density at radius 2 is 2.00 bits per heavy atom. The van der Waals surface area contributed by atoms with Crippen LogP contribution in [0.2, 0.25) is 0 Å². The number of rotatable bonds is 3. The minimum atomic E-state index is -0.626. The van der Waals surface area contributed by atoms with Crippen LogP contribution in [-0.2, 0) is 0 Å². The molecule has 1 aliphatic rings. The standard InChI is InChI=1S/C20H17F2N3O2/c21-15-5-3-13(4-6-15)18-12-27-19(24-18)14-2-1-9-25(11-14)20(26)16-7-8-23-10-17(16)22/h3-8,10,12,14H,1-2,9,11H2. The van der Waals surface area contributed by atoms with Crippen LogP contribution < -0.4 is 0 Å². The molecule has 2 aromatic heterocycles. The highest BCUT2D eigenvalue weighted by molar-refractivity contribution is 5.94. The normalized spacial score (nSPS) is 17.1. The summed E-state index contributed by atoms with van der Waals surface area (Å²) in [5.74, 6) is -0.833. The molecule has 1 fully saturated rings. The van der Waals surface area contributed by atoms with E-state index in [1.165, 1.54) is 30.7 Å². The van der Waals surface area contributed by atoms with Gasteiger partial charge in [0.15, 0.2) is 11.7 Å². The molecule has 1 aliphatic heterocycles. The third-order valence-electron chi connectivity index (χ3n) is 4.72. The number of amides is 1. The number of oxazole rings is 1. The van der Waals surface area contributed by atoms with Crippen LogP contribution in [0.1, 0.15) is 35.0 Å². The number of halogens is 2. The lowest BCUT2D eigenvalue weighted by molar-refractivity contribution is 0.0693. The smallest absolute Gasteiger partial charge is 0.256 e. The zero-order chi connectivity index (χ0) is 18.8. The van der Waals surface area contributed by atoms with Gasteiger partial charge in [-0.15, -0.1) is 0 Å². The molecule has 0 radical (unpaired) electrons. The average molecular weight is 369 g/mol. The third kappa shape index (κ3) is 3.58. The Labute approximate surface area is 154 Å². The predicted octanol–water partition coefficient (Wildman–Crippen LogP) is 4.03. The molecular weight excluding hydrogens is 352 g/mol. The molecule has 4 rings (SSSR count). The largest absolute Gasteiger partial charge is 0.448 e. The van der Waals surface area contributed by atoms with Crippen LogP contribution in [0.15, 0.2) is 53.4 Å². The van der Waals surface area contributed by atoms with E-state index in [0.29, 0.717) is 24.7 Å². The van der Waals surface area contributed by atoms with Crippen LogP contribution in [0.4, 0.5) is 8.78 Å². The molecule has 0 aliphatic carbocycles. The molecule has 1 saturated heterocycles. The maximum Gasteiger partial charge on any atom is 0.256 e.